The average molecular weight is 257 g/mol. The van der Waals surface area contributed by atoms with Gasteiger partial charge in [-0.3, -0.25) is 0 Å². The Morgan fingerprint density at radius 1 is 1.53 bits per heavy atom. The van der Waals surface area contributed by atoms with Crippen molar-refractivity contribution in [3.05, 3.63) is 29.6 Å². The third-order valence-corrected chi connectivity index (χ3v) is 4.74. The Hall–Kier alpha value is -0.760. The molecule has 1 fully saturated rings. The van der Waals surface area contributed by atoms with Crippen molar-refractivity contribution in [2.75, 3.05) is 0 Å². The van der Waals surface area contributed by atoms with Crippen molar-refractivity contribution in [3.63, 3.8) is 0 Å². The van der Waals surface area contributed by atoms with E-state index in [2.05, 4.69) is 13.8 Å². The summed E-state index contributed by atoms with van der Waals surface area (Å²) in [5, 5.41) is 0.130. The number of halogens is 2. The molecular weight excluding hydrogens is 239 g/mol. The maximum atomic E-state index is 13.8. The van der Waals surface area contributed by atoms with Crippen molar-refractivity contribution >= 4 is 11.6 Å². The van der Waals surface area contributed by atoms with Crippen LogP contribution in [0.25, 0.3) is 0 Å². The minimum absolute atomic E-state index is 0.0197. The molecule has 2 rings (SSSR count). The van der Waals surface area contributed by atoms with E-state index in [9.17, 15) is 4.39 Å². The molecule has 94 valence electrons. The monoisotopic (exact) mass is 256 g/mol. The van der Waals surface area contributed by atoms with Gasteiger partial charge in [0.2, 0.25) is 0 Å². The van der Waals surface area contributed by atoms with Gasteiger partial charge in [0.25, 0.3) is 0 Å². The van der Waals surface area contributed by atoms with Crippen molar-refractivity contribution in [1.82, 2.24) is 0 Å². The molecule has 0 N–H and O–H groups in total. The molecule has 0 saturated heterocycles. The molecule has 17 heavy (non-hydrogen) atoms. The van der Waals surface area contributed by atoms with E-state index in [1.807, 2.05) is 6.07 Å². The highest BCUT2D eigenvalue weighted by Gasteiger charge is 2.51. The van der Waals surface area contributed by atoms with Crippen LogP contribution in [0.2, 0.25) is 0 Å². The van der Waals surface area contributed by atoms with Crippen molar-refractivity contribution < 1.29 is 9.13 Å². The topological polar surface area (TPSA) is 9.23 Å². The lowest BCUT2D eigenvalue weighted by atomic mass is 9.65. The number of rotatable bonds is 3. The number of hydrogen-bond acceptors (Lipinski definition) is 1. The van der Waals surface area contributed by atoms with Gasteiger partial charge < -0.3 is 4.74 Å². The molecule has 1 saturated carbocycles. The quantitative estimate of drug-likeness (QED) is 0.733. The van der Waals surface area contributed by atoms with Crippen LogP contribution in [0.5, 0.6) is 5.75 Å². The van der Waals surface area contributed by atoms with Gasteiger partial charge >= 0.3 is 0 Å². The molecule has 0 heterocycles. The molecule has 1 aliphatic rings. The fraction of sp³-hybridized carbons (Fsp3) is 0.571. The van der Waals surface area contributed by atoms with Gasteiger partial charge in [-0.15, -0.1) is 11.6 Å². The molecule has 0 aromatic heterocycles. The molecule has 3 heteroatoms. The van der Waals surface area contributed by atoms with E-state index in [0.717, 1.165) is 12.8 Å². The van der Waals surface area contributed by atoms with Crippen molar-refractivity contribution in [1.29, 1.82) is 0 Å². The first-order valence-electron chi connectivity index (χ1n) is 6.05. The summed E-state index contributed by atoms with van der Waals surface area (Å²) in [5.41, 5.74) is 0.569. The van der Waals surface area contributed by atoms with E-state index in [0.29, 0.717) is 11.3 Å². The smallest absolute Gasteiger partial charge is 0.167 e. The summed E-state index contributed by atoms with van der Waals surface area (Å²) in [6, 6.07) is 5.24. The Kier molecular flexibility index (Phi) is 3.35. The van der Waals surface area contributed by atoms with Gasteiger partial charge in [0.15, 0.2) is 11.6 Å². The number of alkyl halides is 1. The minimum atomic E-state index is -0.260. The van der Waals surface area contributed by atoms with Gasteiger partial charge in [-0.1, -0.05) is 26.0 Å². The first-order valence-corrected chi connectivity index (χ1v) is 6.48. The van der Waals surface area contributed by atoms with Gasteiger partial charge in [0.05, 0.1) is 0 Å². The molecule has 0 aliphatic heterocycles. The summed E-state index contributed by atoms with van der Waals surface area (Å²) in [6.07, 6.45) is 1.75. The Labute approximate surface area is 107 Å². The van der Waals surface area contributed by atoms with Gasteiger partial charge in [-0.25, -0.2) is 4.39 Å². The SMILES string of the molecule is CCC1(C)C(Cl)CC1Oc1cccc(C)c1F. The summed E-state index contributed by atoms with van der Waals surface area (Å²) in [6.45, 7) is 5.94. The second-order valence-corrected chi connectivity index (χ2v) is 5.58. The summed E-state index contributed by atoms with van der Waals surface area (Å²) in [5.74, 6) is 0.0854. The Bertz CT molecular complexity index is 421. The molecule has 0 bridgehead atoms. The molecule has 1 aliphatic carbocycles. The van der Waals surface area contributed by atoms with Crippen LogP contribution in [0, 0.1) is 18.2 Å². The molecule has 1 aromatic rings. The summed E-state index contributed by atoms with van der Waals surface area (Å²) < 4.78 is 19.6. The van der Waals surface area contributed by atoms with Crippen LogP contribution in [-0.4, -0.2) is 11.5 Å². The van der Waals surface area contributed by atoms with Crippen LogP contribution in [0.4, 0.5) is 4.39 Å². The first kappa shape index (κ1) is 12.7. The highest BCUT2D eigenvalue weighted by molar-refractivity contribution is 6.21. The Morgan fingerprint density at radius 2 is 2.24 bits per heavy atom. The van der Waals surface area contributed by atoms with E-state index in [4.69, 9.17) is 16.3 Å². The van der Waals surface area contributed by atoms with Crippen LogP contribution in [-0.2, 0) is 0 Å². The maximum Gasteiger partial charge on any atom is 0.167 e. The zero-order valence-electron chi connectivity index (χ0n) is 10.5. The van der Waals surface area contributed by atoms with Gasteiger partial charge in [0.1, 0.15) is 6.10 Å². The van der Waals surface area contributed by atoms with E-state index in [1.54, 1.807) is 19.1 Å². The molecule has 1 nitrogen and oxygen atoms in total. The van der Waals surface area contributed by atoms with Crippen LogP contribution in [0.1, 0.15) is 32.3 Å². The summed E-state index contributed by atoms with van der Waals surface area (Å²) in [4.78, 5) is 0. The minimum Gasteiger partial charge on any atom is -0.487 e. The third kappa shape index (κ3) is 2.03. The number of hydrogen-bond donors (Lipinski definition) is 0. The van der Waals surface area contributed by atoms with Crippen LogP contribution < -0.4 is 4.74 Å². The van der Waals surface area contributed by atoms with E-state index < -0.39 is 0 Å². The second-order valence-electron chi connectivity index (χ2n) is 5.06. The van der Waals surface area contributed by atoms with Crippen molar-refractivity contribution in [2.24, 2.45) is 5.41 Å². The zero-order valence-corrected chi connectivity index (χ0v) is 11.2. The lowest BCUT2D eigenvalue weighted by Crippen LogP contribution is -2.55. The molecule has 0 amide bonds. The predicted octanol–water partition coefficient (Wildman–Crippen LogP) is 4.31. The Morgan fingerprint density at radius 3 is 2.82 bits per heavy atom. The van der Waals surface area contributed by atoms with E-state index in [1.165, 1.54) is 0 Å². The first-order chi connectivity index (χ1) is 7.99. The fourth-order valence-corrected chi connectivity index (χ4v) is 2.72. The third-order valence-electron chi connectivity index (χ3n) is 4.06. The van der Waals surface area contributed by atoms with E-state index >= 15 is 0 Å². The number of aryl methyl sites for hydroxylation is 1. The normalized spacial score (nSPS) is 32.1. The summed E-state index contributed by atoms with van der Waals surface area (Å²) in [7, 11) is 0. The predicted molar refractivity (Wildman–Crippen MR) is 68.2 cm³/mol. The largest absolute Gasteiger partial charge is 0.487 e. The maximum absolute atomic E-state index is 13.8. The molecule has 3 atom stereocenters. The summed E-state index contributed by atoms with van der Waals surface area (Å²) >= 11 is 6.21. The average Bonchev–Trinajstić information content (AvgIpc) is 2.33. The van der Waals surface area contributed by atoms with Crippen LogP contribution in [0.15, 0.2) is 18.2 Å². The number of ether oxygens (including phenoxy) is 1. The highest BCUT2D eigenvalue weighted by atomic mass is 35.5. The van der Waals surface area contributed by atoms with Crippen LogP contribution >= 0.6 is 11.6 Å². The molecule has 1 aromatic carbocycles. The molecule has 0 radical (unpaired) electrons. The molecular formula is C14H18ClFO. The zero-order chi connectivity index (χ0) is 12.6. The van der Waals surface area contributed by atoms with Crippen LogP contribution in [0.3, 0.4) is 0 Å². The van der Waals surface area contributed by atoms with Crippen molar-refractivity contribution in [2.45, 2.75) is 45.1 Å². The lowest BCUT2D eigenvalue weighted by Gasteiger charge is -2.50. The standard InChI is InChI=1S/C14H18ClFO/c1-4-14(3)11(15)8-12(14)17-10-7-5-6-9(2)13(10)16/h5-7,11-12H,4,8H2,1-3H3. The van der Waals surface area contributed by atoms with Gasteiger partial charge in [0, 0.05) is 17.2 Å². The highest BCUT2D eigenvalue weighted by Crippen LogP contribution is 2.49. The van der Waals surface area contributed by atoms with Gasteiger partial charge in [-0.2, -0.15) is 0 Å². The fourth-order valence-electron chi connectivity index (χ4n) is 2.26. The lowest BCUT2D eigenvalue weighted by molar-refractivity contribution is -0.0315. The van der Waals surface area contributed by atoms with Crippen molar-refractivity contribution in [3.8, 4) is 5.75 Å². The Balaban J connectivity index is 2.15. The van der Waals surface area contributed by atoms with E-state index in [-0.39, 0.29) is 22.7 Å². The van der Waals surface area contributed by atoms with Gasteiger partial charge in [-0.05, 0) is 25.0 Å². The second kappa shape index (κ2) is 4.49. The molecule has 0 spiro atoms. The number of benzene rings is 1. The molecule has 3 unspecified atom stereocenters.